The SMILES string of the molecule is CCC1(CC)CSc2cc(OCC(=O)NCC(C(=O)NCCCCCC(=O)N=O)c3ccccc3)c(SC)cc2N(c2ccccc2)C1. The van der Waals surface area contributed by atoms with Crippen molar-refractivity contribution in [1.29, 1.82) is 0 Å². The number of nitrogens with zero attached hydrogens (tertiary/aromatic N) is 2. The molecule has 3 aromatic rings. The summed E-state index contributed by atoms with van der Waals surface area (Å²) < 4.78 is 6.15. The number of carbonyl (C=O) groups excluding carboxylic acids is 3. The molecule has 1 aliphatic heterocycles. The molecule has 0 radical (unpaired) electrons. The zero-order valence-corrected chi connectivity index (χ0v) is 29.7. The molecule has 1 aliphatic rings. The Balaban J connectivity index is 1.41. The Morgan fingerprint density at radius 2 is 1.69 bits per heavy atom. The van der Waals surface area contributed by atoms with Gasteiger partial charge >= 0.3 is 0 Å². The Bertz CT molecular complexity index is 1520. The van der Waals surface area contributed by atoms with E-state index in [0.29, 0.717) is 31.6 Å². The molecule has 11 heteroatoms. The summed E-state index contributed by atoms with van der Waals surface area (Å²) in [7, 11) is 0. The first-order valence-electron chi connectivity index (χ1n) is 16.6. The third-order valence-electron chi connectivity index (χ3n) is 8.98. The molecule has 4 rings (SSSR count). The fourth-order valence-electron chi connectivity index (χ4n) is 5.76. The van der Waals surface area contributed by atoms with Gasteiger partial charge in [-0.3, -0.25) is 14.4 Å². The van der Waals surface area contributed by atoms with Crippen LogP contribution in [0.1, 0.15) is 63.9 Å². The van der Waals surface area contributed by atoms with Gasteiger partial charge in [0.05, 0.1) is 16.5 Å². The number of thioether (sulfide) groups is 2. The normalized spacial score (nSPS) is 14.3. The number of rotatable bonds is 17. The van der Waals surface area contributed by atoms with Gasteiger partial charge < -0.3 is 20.3 Å². The third kappa shape index (κ3) is 10.1. The van der Waals surface area contributed by atoms with Crippen molar-refractivity contribution in [3.63, 3.8) is 0 Å². The van der Waals surface area contributed by atoms with Crippen LogP contribution in [0, 0.1) is 10.3 Å². The molecule has 3 amide bonds. The van der Waals surface area contributed by atoms with Gasteiger partial charge in [-0.1, -0.05) is 68.8 Å². The molecule has 256 valence electrons. The predicted molar refractivity (Wildman–Crippen MR) is 195 cm³/mol. The molecule has 1 heterocycles. The van der Waals surface area contributed by atoms with Gasteiger partial charge in [-0.15, -0.1) is 28.4 Å². The zero-order valence-electron chi connectivity index (χ0n) is 28.0. The van der Waals surface area contributed by atoms with Crippen molar-refractivity contribution in [3.05, 3.63) is 83.3 Å². The van der Waals surface area contributed by atoms with Gasteiger partial charge in [0.15, 0.2) is 6.61 Å². The molecule has 48 heavy (non-hydrogen) atoms. The number of nitroso groups, excluding NO2 is 1. The van der Waals surface area contributed by atoms with Crippen LogP contribution in [0.5, 0.6) is 5.75 Å². The first-order valence-corrected chi connectivity index (χ1v) is 18.8. The summed E-state index contributed by atoms with van der Waals surface area (Å²) in [5, 5.41) is 8.25. The van der Waals surface area contributed by atoms with Crippen LogP contribution >= 0.6 is 23.5 Å². The van der Waals surface area contributed by atoms with E-state index in [2.05, 4.69) is 71.0 Å². The van der Waals surface area contributed by atoms with Gasteiger partial charge in [-0.25, -0.2) is 0 Å². The molecule has 3 aromatic carbocycles. The first kappa shape index (κ1) is 37.0. The van der Waals surface area contributed by atoms with Crippen LogP contribution in [0.3, 0.4) is 0 Å². The summed E-state index contributed by atoms with van der Waals surface area (Å²) >= 11 is 3.44. The van der Waals surface area contributed by atoms with E-state index in [1.165, 1.54) is 0 Å². The van der Waals surface area contributed by atoms with Crippen molar-refractivity contribution >= 4 is 52.6 Å². The number of amides is 3. The smallest absolute Gasteiger partial charge is 0.286 e. The number of anilines is 2. The van der Waals surface area contributed by atoms with Crippen molar-refractivity contribution in [2.24, 2.45) is 10.6 Å². The zero-order chi connectivity index (χ0) is 34.4. The molecule has 0 bridgehead atoms. The van der Waals surface area contributed by atoms with Crippen LogP contribution in [0.15, 0.2) is 87.8 Å². The van der Waals surface area contributed by atoms with E-state index >= 15 is 0 Å². The Kier molecular flexibility index (Phi) is 14.4. The molecule has 0 fully saturated rings. The number of nitrogens with one attached hydrogen (secondary N) is 2. The molecule has 0 aliphatic carbocycles. The molecule has 0 spiro atoms. The predicted octanol–water partition coefficient (Wildman–Crippen LogP) is 7.71. The summed E-state index contributed by atoms with van der Waals surface area (Å²) in [6.07, 6.45) is 6.19. The van der Waals surface area contributed by atoms with E-state index in [4.69, 9.17) is 4.74 Å². The fourth-order valence-corrected chi connectivity index (χ4v) is 7.78. The third-order valence-corrected chi connectivity index (χ3v) is 11.1. The number of hydrogen-bond acceptors (Lipinski definition) is 8. The highest BCUT2D eigenvalue weighted by Crippen LogP contribution is 2.49. The fraction of sp³-hybridized carbons (Fsp3) is 0.432. The number of ether oxygens (including phenoxy) is 1. The van der Waals surface area contributed by atoms with Gasteiger partial charge in [0.25, 0.3) is 11.8 Å². The van der Waals surface area contributed by atoms with Crippen molar-refractivity contribution < 1.29 is 19.1 Å². The van der Waals surface area contributed by atoms with Crippen molar-refractivity contribution in [2.45, 2.75) is 68.1 Å². The van der Waals surface area contributed by atoms with Crippen LogP contribution in [0.25, 0.3) is 0 Å². The second-order valence-electron chi connectivity index (χ2n) is 12.0. The van der Waals surface area contributed by atoms with E-state index in [0.717, 1.165) is 51.9 Å². The largest absolute Gasteiger partial charge is 0.483 e. The lowest BCUT2D eigenvalue weighted by Crippen LogP contribution is -2.39. The molecule has 0 aromatic heterocycles. The average molecular weight is 691 g/mol. The Morgan fingerprint density at radius 3 is 2.35 bits per heavy atom. The highest BCUT2D eigenvalue weighted by atomic mass is 32.2. The van der Waals surface area contributed by atoms with Crippen LogP contribution < -0.4 is 20.3 Å². The van der Waals surface area contributed by atoms with Crippen LogP contribution in [-0.2, 0) is 14.4 Å². The molecule has 1 atom stereocenters. The van der Waals surface area contributed by atoms with E-state index < -0.39 is 11.8 Å². The van der Waals surface area contributed by atoms with Gasteiger partial charge in [0.2, 0.25) is 5.91 Å². The number of benzene rings is 3. The number of hydrogen-bond donors (Lipinski definition) is 2. The highest BCUT2D eigenvalue weighted by Gasteiger charge is 2.34. The Hall–Kier alpha value is -3.83. The molecule has 0 saturated heterocycles. The van der Waals surface area contributed by atoms with Crippen LogP contribution in [-0.4, -0.2) is 56.0 Å². The molecule has 9 nitrogen and oxygen atoms in total. The monoisotopic (exact) mass is 690 g/mol. The summed E-state index contributed by atoms with van der Waals surface area (Å²) in [6, 6.07) is 24.1. The van der Waals surface area contributed by atoms with Gasteiger partial charge in [-0.05, 0) is 67.2 Å². The number of para-hydroxylation sites is 1. The highest BCUT2D eigenvalue weighted by molar-refractivity contribution is 7.99. The van der Waals surface area contributed by atoms with Crippen molar-refractivity contribution in [2.75, 3.05) is 43.1 Å². The molecular formula is C37H46N4O5S2. The van der Waals surface area contributed by atoms with E-state index in [1.54, 1.807) is 11.8 Å². The van der Waals surface area contributed by atoms with E-state index in [-0.39, 0.29) is 36.8 Å². The summed E-state index contributed by atoms with van der Waals surface area (Å²) in [5.41, 5.74) is 3.27. The Labute approximate surface area is 292 Å². The quantitative estimate of drug-likeness (QED) is 0.0841. The van der Waals surface area contributed by atoms with E-state index in [1.807, 2.05) is 54.4 Å². The first-order chi connectivity index (χ1) is 23.3. The maximum atomic E-state index is 13.2. The molecule has 2 N–H and O–H groups in total. The standard InChI is InChI=1S/C37H46N4O5S2/c1-4-37(5-2)25-41(28-17-11-7-12-18-28)30-21-33(47-3)31(22-32(30)48-26-37)46-24-35(43)39-23-29(27-15-9-6-10-16-27)36(44)38-20-14-8-13-19-34(42)40-45/h6-7,9-12,15-18,21-22,29H,4-5,8,13-14,19-20,23-26H2,1-3H3,(H,38,44)(H,39,43). The second kappa shape index (κ2) is 18.6. The average Bonchev–Trinajstić information content (AvgIpc) is 3.29. The molecule has 0 saturated carbocycles. The maximum absolute atomic E-state index is 13.2. The number of unbranched alkanes of at least 4 members (excludes halogenated alkanes) is 2. The maximum Gasteiger partial charge on any atom is 0.286 e. The Morgan fingerprint density at radius 1 is 0.979 bits per heavy atom. The van der Waals surface area contributed by atoms with Crippen molar-refractivity contribution in [1.82, 2.24) is 10.6 Å². The minimum absolute atomic E-state index is 0.117. The minimum atomic E-state index is -0.654. The van der Waals surface area contributed by atoms with Gasteiger partial charge in [0.1, 0.15) is 5.75 Å². The second-order valence-corrected chi connectivity index (χ2v) is 13.9. The lowest BCUT2D eigenvalue weighted by atomic mass is 9.83. The van der Waals surface area contributed by atoms with E-state index in [9.17, 15) is 19.3 Å². The lowest BCUT2D eigenvalue weighted by molar-refractivity contribution is -0.124. The van der Waals surface area contributed by atoms with Gasteiger partial charge in [-0.2, -0.15) is 0 Å². The minimum Gasteiger partial charge on any atom is -0.483 e. The summed E-state index contributed by atoms with van der Waals surface area (Å²) in [5.74, 6) is -0.0798. The van der Waals surface area contributed by atoms with Crippen molar-refractivity contribution in [3.8, 4) is 5.75 Å². The summed E-state index contributed by atoms with van der Waals surface area (Å²) in [4.78, 5) is 52.1. The number of carbonyl (C=O) groups is 3. The summed E-state index contributed by atoms with van der Waals surface area (Å²) in [6.45, 7) is 5.85. The van der Waals surface area contributed by atoms with Crippen LogP contribution in [0.4, 0.5) is 11.4 Å². The lowest BCUT2D eigenvalue weighted by Gasteiger charge is -2.36. The number of fused-ring (bicyclic) bond motifs is 1. The van der Waals surface area contributed by atoms with Crippen LogP contribution in [0.2, 0.25) is 0 Å². The van der Waals surface area contributed by atoms with Gasteiger partial charge in [0, 0.05) is 47.6 Å². The molecular weight excluding hydrogens is 645 g/mol. The molecule has 1 unspecified atom stereocenters. The topological polar surface area (TPSA) is 117 Å².